The van der Waals surface area contributed by atoms with E-state index in [-0.39, 0.29) is 12.3 Å². The van der Waals surface area contributed by atoms with Crippen LogP contribution in [-0.4, -0.2) is 28.0 Å². The van der Waals surface area contributed by atoms with Gasteiger partial charge in [-0.3, -0.25) is 4.79 Å². The molecule has 0 radical (unpaired) electrons. The van der Waals surface area contributed by atoms with Gasteiger partial charge in [-0.2, -0.15) is 5.10 Å². The highest BCUT2D eigenvalue weighted by Crippen LogP contribution is 2.25. The number of hydrogen-bond donors (Lipinski definition) is 1. The number of rotatable bonds is 6. The van der Waals surface area contributed by atoms with Crippen LogP contribution < -0.4 is 4.74 Å². The molecule has 1 aromatic carbocycles. The first kappa shape index (κ1) is 15.1. The minimum atomic E-state index is -0.790. The van der Waals surface area contributed by atoms with Gasteiger partial charge in [-0.25, -0.2) is 4.68 Å². The van der Waals surface area contributed by atoms with E-state index in [0.717, 1.165) is 22.7 Å². The molecule has 0 amide bonds. The van der Waals surface area contributed by atoms with Crippen molar-refractivity contribution < 1.29 is 14.6 Å². The molecule has 0 aliphatic carbocycles. The van der Waals surface area contributed by atoms with Gasteiger partial charge in [-0.15, -0.1) is 0 Å². The highest BCUT2D eigenvalue weighted by atomic mass is 16.5. The fraction of sp³-hybridized carbons (Fsp3) is 0.375. The topological polar surface area (TPSA) is 64.4 Å². The molecule has 1 N–H and O–H groups in total. The van der Waals surface area contributed by atoms with Crippen LogP contribution in [-0.2, 0) is 11.2 Å². The number of ether oxygens (including phenoxy) is 1. The van der Waals surface area contributed by atoms with E-state index in [4.69, 9.17) is 9.84 Å². The Morgan fingerprint density at radius 2 is 2.00 bits per heavy atom. The van der Waals surface area contributed by atoms with Crippen molar-refractivity contribution in [3.8, 4) is 11.4 Å². The van der Waals surface area contributed by atoms with Crippen LogP contribution in [0.15, 0.2) is 30.5 Å². The summed E-state index contributed by atoms with van der Waals surface area (Å²) in [6.45, 7) is 4.17. The molecule has 0 spiro atoms. The second kappa shape index (κ2) is 6.43. The van der Waals surface area contributed by atoms with Crippen molar-refractivity contribution in [1.29, 1.82) is 0 Å². The molecule has 21 heavy (non-hydrogen) atoms. The molecule has 1 aromatic heterocycles. The van der Waals surface area contributed by atoms with Crippen molar-refractivity contribution in [2.24, 2.45) is 0 Å². The number of methoxy groups -OCH3 is 1. The van der Waals surface area contributed by atoms with E-state index in [2.05, 4.69) is 18.9 Å². The highest BCUT2D eigenvalue weighted by Gasteiger charge is 2.16. The van der Waals surface area contributed by atoms with Crippen LogP contribution in [0, 0.1) is 0 Å². The van der Waals surface area contributed by atoms with E-state index in [0.29, 0.717) is 6.42 Å². The molecule has 0 aliphatic rings. The van der Waals surface area contributed by atoms with Gasteiger partial charge in [0.05, 0.1) is 19.0 Å². The SMILES string of the molecule is COc1ccc(-n2ncc(CCC(=O)O)c2C(C)C)cc1. The number of aromatic nitrogens is 2. The lowest BCUT2D eigenvalue weighted by Crippen LogP contribution is -2.06. The van der Waals surface area contributed by atoms with E-state index >= 15 is 0 Å². The van der Waals surface area contributed by atoms with Crippen molar-refractivity contribution in [2.45, 2.75) is 32.6 Å². The van der Waals surface area contributed by atoms with Crippen molar-refractivity contribution in [3.05, 3.63) is 41.7 Å². The number of aliphatic carboxylic acids is 1. The molecule has 5 heteroatoms. The molecule has 0 atom stereocenters. The Morgan fingerprint density at radius 3 is 2.52 bits per heavy atom. The summed E-state index contributed by atoms with van der Waals surface area (Å²) in [6.07, 6.45) is 2.38. The fourth-order valence-corrected chi connectivity index (χ4v) is 2.37. The zero-order valence-electron chi connectivity index (χ0n) is 12.5. The predicted molar refractivity (Wildman–Crippen MR) is 80.2 cm³/mol. The maximum Gasteiger partial charge on any atom is 0.303 e. The van der Waals surface area contributed by atoms with Gasteiger partial charge in [-0.05, 0) is 42.2 Å². The van der Waals surface area contributed by atoms with Crippen LogP contribution in [0.2, 0.25) is 0 Å². The quantitative estimate of drug-likeness (QED) is 0.887. The van der Waals surface area contributed by atoms with E-state index in [9.17, 15) is 4.79 Å². The zero-order chi connectivity index (χ0) is 15.4. The minimum absolute atomic E-state index is 0.119. The molecule has 5 nitrogen and oxygen atoms in total. The Morgan fingerprint density at radius 1 is 1.33 bits per heavy atom. The Hall–Kier alpha value is -2.30. The number of aryl methyl sites for hydroxylation is 1. The first-order valence-corrected chi connectivity index (χ1v) is 6.96. The first-order valence-electron chi connectivity index (χ1n) is 6.96. The van der Waals surface area contributed by atoms with Gasteiger partial charge >= 0.3 is 5.97 Å². The van der Waals surface area contributed by atoms with Crippen LogP contribution in [0.5, 0.6) is 5.75 Å². The predicted octanol–water partition coefficient (Wildman–Crippen LogP) is 3.02. The summed E-state index contributed by atoms with van der Waals surface area (Å²) in [5.74, 6) is 0.267. The number of carboxylic acids is 1. The van der Waals surface area contributed by atoms with Crippen LogP contribution >= 0.6 is 0 Å². The van der Waals surface area contributed by atoms with Gasteiger partial charge in [0.15, 0.2) is 0 Å². The normalized spacial score (nSPS) is 10.9. The molecule has 0 bridgehead atoms. The second-order valence-electron chi connectivity index (χ2n) is 5.21. The second-order valence-corrected chi connectivity index (χ2v) is 5.21. The monoisotopic (exact) mass is 288 g/mol. The molecular weight excluding hydrogens is 268 g/mol. The molecule has 1 heterocycles. The average molecular weight is 288 g/mol. The lowest BCUT2D eigenvalue weighted by Gasteiger charge is -2.13. The Kier molecular flexibility index (Phi) is 4.62. The zero-order valence-corrected chi connectivity index (χ0v) is 12.5. The number of hydrogen-bond acceptors (Lipinski definition) is 3. The van der Waals surface area contributed by atoms with E-state index in [1.165, 1.54) is 0 Å². The van der Waals surface area contributed by atoms with Gasteiger partial charge in [-0.1, -0.05) is 13.8 Å². The van der Waals surface area contributed by atoms with Crippen LogP contribution in [0.25, 0.3) is 5.69 Å². The molecule has 0 unspecified atom stereocenters. The standard InChI is InChI=1S/C16H20N2O3/c1-11(2)16-12(4-9-15(19)20)10-17-18(16)13-5-7-14(21-3)8-6-13/h5-8,10-11H,4,9H2,1-3H3,(H,19,20). The summed E-state index contributed by atoms with van der Waals surface area (Å²) in [5, 5.41) is 13.3. The summed E-state index contributed by atoms with van der Waals surface area (Å²) < 4.78 is 7.03. The van der Waals surface area contributed by atoms with Crippen molar-refractivity contribution in [3.63, 3.8) is 0 Å². The smallest absolute Gasteiger partial charge is 0.303 e. The third-order valence-electron chi connectivity index (χ3n) is 3.36. The van der Waals surface area contributed by atoms with Gasteiger partial charge in [0.2, 0.25) is 0 Å². The molecule has 0 saturated heterocycles. The fourth-order valence-electron chi connectivity index (χ4n) is 2.37. The number of nitrogens with zero attached hydrogens (tertiary/aromatic N) is 2. The van der Waals surface area contributed by atoms with Crippen LogP contribution in [0.4, 0.5) is 0 Å². The molecule has 0 fully saturated rings. The van der Waals surface area contributed by atoms with Crippen LogP contribution in [0.1, 0.15) is 37.4 Å². The van der Waals surface area contributed by atoms with Crippen molar-refractivity contribution in [2.75, 3.05) is 7.11 Å². The lowest BCUT2D eigenvalue weighted by molar-refractivity contribution is -0.136. The molecule has 2 rings (SSSR count). The maximum absolute atomic E-state index is 10.8. The molecular formula is C16H20N2O3. The lowest BCUT2D eigenvalue weighted by atomic mass is 10.0. The van der Waals surface area contributed by atoms with Gasteiger partial charge < -0.3 is 9.84 Å². The van der Waals surface area contributed by atoms with Crippen molar-refractivity contribution >= 4 is 5.97 Å². The maximum atomic E-state index is 10.8. The minimum Gasteiger partial charge on any atom is -0.497 e. The highest BCUT2D eigenvalue weighted by molar-refractivity contribution is 5.67. The largest absolute Gasteiger partial charge is 0.497 e. The molecule has 2 aromatic rings. The van der Waals surface area contributed by atoms with E-state index in [1.807, 2.05) is 28.9 Å². The van der Waals surface area contributed by atoms with E-state index < -0.39 is 5.97 Å². The molecule has 0 aliphatic heterocycles. The summed E-state index contributed by atoms with van der Waals surface area (Å²) in [4.78, 5) is 10.8. The number of carbonyl (C=O) groups is 1. The third kappa shape index (κ3) is 3.42. The molecule has 112 valence electrons. The Bertz CT molecular complexity index is 615. The van der Waals surface area contributed by atoms with E-state index in [1.54, 1.807) is 13.3 Å². The number of benzene rings is 1. The Balaban J connectivity index is 2.36. The first-order chi connectivity index (χ1) is 10.0. The third-order valence-corrected chi connectivity index (χ3v) is 3.36. The van der Waals surface area contributed by atoms with Gasteiger partial charge in [0.1, 0.15) is 5.75 Å². The van der Waals surface area contributed by atoms with Gasteiger partial charge in [0.25, 0.3) is 0 Å². The summed E-state index contributed by atoms with van der Waals surface area (Å²) in [5.41, 5.74) is 2.99. The molecule has 0 saturated carbocycles. The van der Waals surface area contributed by atoms with Crippen LogP contribution in [0.3, 0.4) is 0 Å². The summed E-state index contributed by atoms with van der Waals surface area (Å²) in [7, 11) is 1.63. The average Bonchev–Trinajstić information content (AvgIpc) is 2.89. The van der Waals surface area contributed by atoms with Gasteiger partial charge in [0, 0.05) is 12.1 Å². The number of carboxylic acid groups (broad SMARTS) is 1. The summed E-state index contributed by atoms with van der Waals surface area (Å²) >= 11 is 0. The Labute approximate surface area is 124 Å². The van der Waals surface area contributed by atoms with Crippen molar-refractivity contribution in [1.82, 2.24) is 9.78 Å². The summed E-state index contributed by atoms with van der Waals surface area (Å²) in [6, 6.07) is 7.66.